The second-order valence-corrected chi connectivity index (χ2v) is 2.11. The summed E-state index contributed by atoms with van der Waals surface area (Å²) < 4.78 is 0. The summed E-state index contributed by atoms with van der Waals surface area (Å²) in [5.41, 5.74) is 0. The number of hydroxylamine groups is 2. The molecule has 0 aromatic rings. The molecule has 0 atom stereocenters. The molecule has 2 heteroatoms. The summed E-state index contributed by atoms with van der Waals surface area (Å²) in [4.78, 5) is 5.20. The number of quaternary nitrogens is 1. The SMILES string of the molecule is CCCCO[NH+](C)C. The van der Waals surface area contributed by atoms with E-state index < -0.39 is 0 Å². The number of nitrogens with one attached hydrogen (secondary N) is 1. The maximum atomic E-state index is 5.20. The zero-order valence-corrected chi connectivity index (χ0v) is 6.03. The molecular formula is C6H16NO+. The highest BCUT2D eigenvalue weighted by Gasteiger charge is 1.89. The first-order chi connectivity index (χ1) is 3.77. The van der Waals surface area contributed by atoms with Gasteiger partial charge in [-0.1, -0.05) is 13.3 Å². The smallest absolute Gasteiger partial charge is 0.106 e. The van der Waals surface area contributed by atoms with Crippen molar-refractivity contribution in [1.82, 2.24) is 0 Å². The lowest BCUT2D eigenvalue weighted by Crippen LogP contribution is -3.04. The lowest BCUT2D eigenvalue weighted by atomic mass is 10.4. The minimum absolute atomic E-state index is 0.888. The Morgan fingerprint density at radius 2 is 2.00 bits per heavy atom. The fraction of sp³-hybridized carbons (Fsp3) is 1.00. The van der Waals surface area contributed by atoms with E-state index in [0.29, 0.717) is 0 Å². The van der Waals surface area contributed by atoms with Crippen LogP contribution in [0.3, 0.4) is 0 Å². The number of rotatable bonds is 4. The van der Waals surface area contributed by atoms with Crippen molar-refractivity contribution in [3.63, 3.8) is 0 Å². The van der Waals surface area contributed by atoms with E-state index >= 15 is 0 Å². The van der Waals surface area contributed by atoms with Crippen molar-refractivity contribution in [2.75, 3.05) is 20.7 Å². The van der Waals surface area contributed by atoms with Crippen molar-refractivity contribution in [2.45, 2.75) is 19.8 Å². The van der Waals surface area contributed by atoms with Gasteiger partial charge in [0.15, 0.2) is 0 Å². The van der Waals surface area contributed by atoms with E-state index in [1.165, 1.54) is 12.8 Å². The van der Waals surface area contributed by atoms with Gasteiger partial charge in [-0.3, -0.25) is 0 Å². The molecule has 0 saturated carbocycles. The Labute approximate surface area is 51.4 Å². The van der Waals surface area contributed by atoms with E-state index in [-0.39, 0.29) is 0 Å². The number of hydrogen-bond donors (Lipinski definition) is 1. The average molecular weight is 118 g/mol. The van der Waals surface area contributed by atoms with Crippen LogP contribution in [0.4, 0.5) is 0 Å². The molecule has 0 aliphatic rings. The summed E-state index contributed by atoms with van der Waals surface area (Å²) in [6, 6.07) is 0. The highest BCUT2D eigenvalue weighted by atomic mass is 16.7. The van der Waals surface area contributed by atoms with Gasteiger partial charge in [-0.25, -0.2) is 4.84 Å². The molecule has 1 N–H and O–H groups in total. The molecule has 0 heterocycles. The summed E-state index contributed by atoms with van der Waals surface area (Å²) in [6.45, 7) is 3.05. The van der Waals surface area contributed by atoms with Gasteiger partial charge >= 0.3 is 0 Å². The van der Waals surface area contributed by atoms with Crippen molar-refractivity contribution in [2.24, 2.45) is 0 Å². The second kappa shape index (κ2) is 5.06. The van der Waals surface area contributed by atoms with E-state index in [1.54, 1.807) is 0 Å². The fourth-order valence-electron chi connectivity index (χ4n) is 0.421. The maximum absolute atomic E-state index is 5.20. The number of hydrogen-bond acceptors (Lipinski definition) is 1. The van der Waals surface area contributed by atoms with Crippen LogP contribution < -0.4 is 5.06 Å². The summed E-state index contributed by atoms with van der Waals surface area (Å²) in [5.74, 6) is 0. The quantitative estimate of drug-likeness (QED) is 0.401. The molecule has 0 saturated heterocycles. The molecule has 0 fully saturated rings. The van der Waals surface area contributed by atoms with Gasteiger partial charge in [0.25, 0.3) is 0 Å². The van der Waals surface area contributed by atoms with Gasteiger partial charge in [0.1, 0.15) is 6.61 Å². The Balaban J connectivity index is 2.72. The molecule has 0 spiro atoms. The van der Waals surface area contributed by atoms with Gasteiger partial charge < -0.3 is 0 Å². The Kier molecular flexibility index (Phi) is 5.01. The molecule has 0 radical (unpaired) electrons. The molecule has 50 valence electrons. The molecule has 0 aliphatic carbocycles. The molecule has 0 bridgehead atoms. The topological polar surface area (TPSA) is 13.7 Å². The monoisotopic (exact) mass is 118 g/mol. The first-order valence-electron chi connectivity index (χ1n) is 3.20. The van der Waals surface area contributed by atoms with Crippen LogP contribution in [-0.4, -0.2) is 20.7 Å². The molecule has 0 aromatic heterocycles. The predicted molar refractivity (Wildman–Crippen MR) is 33.7 cm³/mol. The van der Waals surface area contributed by atoms with Gasteiger partial charge in [-0.05, 0) is 6.42 Å². The van der Waals surface area contributed by atoms with Crippen LogP contribution in [-0.2, 0) is 4.84 Å². The molecule has 0 aliphatic heterocycles. The van der Waals surface area contributed by atoms with Crippen molar-refractivity contribution < 1.29 is 9.90 Å². The zero-order valence-electron chi connectivity index (χ0n) is 6.03. The summed E-state index contributed by atoms with van der Waals surface area (Å²) in [5, 5.41) is 1.07. The largest absolute Gasteiger partial charge is 0.205 e. The Morgan fingerprint density at radius 1 is 1.38 bits per heavy atom. The highest BCUT2D eigenvalue weighted by Crippen LogP contribution is 1.82. The van der Waals surface area contributed by atoms with E-state index in [2.05, 4.69) is 6.92 Å². The van der Waals surface area contributed by atoms with Gasteiger partial charge in [0.05, 0.1) is 14.1 Å². The van der Waals surface area contributed by atoms with E-state index in [9.17, 15) is 0 Å². The Hall–Kier alpha value is -0.0800. The maximum Gasteiger partial charge on any atom is 0.106 e. The molecule has 0 aromatic carbocycles. The van der Waals surface area contributed by atoms with Crippen LogP contribution >= 0.6 is 0 Å². The van der Waals surface area contributed by atoms with E-state index in [4.69, 9.17) is 4.84 Å². The predicted octanol–water partition coefficient (Wildman–Crippen LogP) is -0.137. The summed E-state index contributed by atoms with van der Waals surface area (Å²) in [6.07, 6.45) is 2.39. The first kappa shape index (κ1) is 7.92. The summed E-state index contributed by atoms with van der Waals surface area (Å²) in [7, 11) is 3.96. The molecular weight excluding hydrogens is 102 g/mol. The highest BCUT2D eigenvalue weighted by molar-refractivity contribution is 4.25. The Morgan fingerprint density at radius 3 is 2.38 bits per heavy atom. The lowest BCUT2D eigenvalue weighted by Gasteiger charge is -2.03. The average Bonchev–Trinajstić information content (AvgIpc) is 1.66. The second-order valence-electron chi connectivity index (χ2n) is 2.11. The fourth-order valence-corrected chi connectivity index (χ4v) is 0.421. The lowest BCUT2D eigenvalue weighted by molar-refractivity contribution is -1.06. The third-order valence-electron chi connectivity index (χ3n) is 0.889. The number of unbranched alkanes of at least 4 members (excludes halogenated alkanes) is 1. The third kappa shape index (κ3) is 5.92. The van der Waals surface area contributed by atoms with Crippen LogP contribution in [0.5, 0.6) is 0 Å². The minimum Gasteiger partial charge on any atom is -0.205 e. The van der Waals surface area contributed by atoms with Gasteiger partial charge in [-0.15, -0.1) is 0 Å². The van der Waals surface area contributed by atoms with Gasteiger partial charge in [0, 0.05) is 0 Å². The first-order valence-corrected chi connectivity index (χ1v) is 3.20. The van der Waals surface area contributed by atoms with Gasteiger partial charge in [-0.2, -0.15) is 5.06 Å². The van der Waals surface area contributed by atoms with E-state index in [1.807, 2.05) is 14.1 Å². The van der Waals surface area contributed by atoms with Crippen LogP contribution in [0, 0.1) is 0 Å². The van der Waals surface area contributed by atoms with Crippen molar-refractivity contribution in [3.05, 3.63) is 0 Å². The van der Waals surface area contributed by atoms with Crippen molar-refractivity contribution in [3.8, 4) is 0 Å². The summed E-state index contributed by atoms with van der Waals surface area (Å²) >= 11 is 0. The third-order valence-corrected chi connectivity index (χ3v) is 0.889. The molecule has 8 heavy (non-hydrogen) atoms. The van der Waals surface area contributed by atoms with Crippen LogP contribution in [0.1, 0.15) is 19.8 Å². The van der Waals surface area contributed by atoms with Crippen LogP contribution in [0.15, 0.2) is 0 Å². The Bertz CT molecular complexity index is 45.8. The zero-order chi connectivity index (χ0) is 6.41. The molecule has 2 nitrogen and oxygen atoms in total. The minimum atomic E-state index is 0.888. The van der Waals surface area contributed by atoms with E-state index in [0.717, 1.165) is 11.7 Å². The van der Waals surface area contributed by atoms with Crippen molar-refractivity contribution >= 4 is 0 Å². The molecule has 0 rings (SSSR count). The van der Waals surface area contributed by atoms with Crippen LogP contribution in [0.2, 0.25) is 0 Å². The molecule has 0 amide bonds. The van der Waals surface area contributed by atoms with Crippen molar-refractivity contribution in [1.29, 1.82) is 0 Å². The van der Waals surface area contributed by atoms with Crippen LogP contribution in [0.25, 0.3) is 0 Å². The standard InChI is InChI=1S/C6H15NO/c1-4-5-6-8-7(2)3/h4-6H2,1-3H3/p+1. The molecule has 0 unspecified atom stereocenters. The van der Waals surface area contributed by atoms with Gasteiger partial charge in [0.2, 0.25) is 0 Å². The normalized spacial score (nSPS) is 10.5.